The van der Waals surface area contributed by atoms with Crippen molar-refractivity contribution in [2.75, 3.05) is 5.32 Å². The third-order valence-electron chi connectivity index (χ3n) is 2.25. The van der Waals surface area contributed by atoms with Crippen LogP contribution in [0.5, 0.6) is 0 Å². The highest BCUT2D eigenvalue weighted by molar-refractivity contribution is 9.10. The summed E-state index contributed by atoms with van der Waals surface area (Å²) in [6, 6.07) is 10.1. The van der Waals surface area contributed by atoms with Crippen molar-refractivity contribution >= 4 is 33.8 Å². The van der Waals surface area contributed by atoms with Gasteiger partial charge in [0, 0.05) is 21.9 Å². The second-order valence-electron chi connectivity index (χ2n) is 3.53. The summed E-state index contributed by atoms with van der Waals surface area (Å²) in [6.45, 7) is 0. The monoisotopic (exact) mass is 304 g/mol. The lowest BCUT2D eigenvalue weighted by Crippen LogP contribution is -2.14. The van der Waals surface area contributed by atoms with Gasteiger partial charge in [-0.05, 0) is 40.2 Å². The van der Waals surface area contributed by atoms with Crippen molar-refractivity contribution in [3.63, 3.8) is 0 Å². The van der Waals surface area contributed by atoms with Crippen molar-refractivity contribution in [2.45, 2.75) is 0 Å². The predicted octanol–water partition coefficient (Wildman–Crippen LogP) is 2.91. The number of nitrogens with zero attached hydrogens (tertiary/aromatic N) is 1. The number of carbonyl (C=O) groups is 2. The molecule has 1 N–H and O–H groups in total. The molecule has 0 unspecified atom stereocenters. The van der Waals surface area contributed by atoms with Crippen molar-refractivity contribution in [1.29, 1.82) is 0 Å². The predicted molar refractivity (Wildman–Crippen MR) is 71.7 cm³/mol. The zero-order valence-electron chi connectivity index (χ0n) is 9.26. The molecule has 0 aliphatic carbocycles. The Bertz CT molecular complexity index is 599. The van der Waals surface area contributed by atoms with Gasteiger partial charge < -0.3 is 5.32 Å². The maximum Gasteiger partial charge on any atom is 0.275 e. The molecule has 0 aliphatic rings. The van der Waals surface area contributed by atoms with Crippen LogP contribution in [0.25, 0.3) is 0 Å². The molecule has 4 nitrogen and oxygen atoms in total. The van der Waals surface area contributed by atoms with Gasteiger partial charge in [-0.1, -0.05) is 12.1 Å². The van der Waals surface area contributed by atoms with Gasteiger partial charge in [-0.2, -0.15) is 0 Å². The summed E-state index contributed by atoms with van der Waals surface area (Å²) in [5, 5.41) is 2.68. The number of rotatable bonds is 3. The number of pyridine rings is 1. The SMILES string of the molecule is O=Cc1cccc(NC(=O)c2ncccc2Br)c1. The van der Waals surface area contributed by atoms with Gasteiger partial charge in [-0.15, -0.1) is 0 Å². The smallest absolute Gasteiger partial charge is 0.275 e. The highest BCUT2D eigenvalue weighted by atomic mass is 79.9. The summed E-state index contributed by atoms with van der Waals surface area (Å²) in [5.41, 5.74) is 1.36. The lowest BCUT2D eigenvalue weighted by atomic mass is 10.2. The zero-order valence-corrected chi connectivity index (χ0v) is 10.8. The van der Waals surface area contributed by atoms with Crippen LogP contribution in [-0.2, 0) is 0 Å². The van der Waals surface area contributed by atoms with Gasteiger partial charge in [0.1, 0.15) is 12.0 Å². The molecular formula is C13H9BrN2O2. The van der Waals surface area contributed by atoms with Crippen molar-refractivity contribution in [1.82, 2.24) is 4.98 Å². The first-order chi connectivity index (χ1) is 8.70. The third-order valence-corrected chi connectivity index (χ3v) is 2.89. The normalized spacial score (nSPS) is 9.83. The summed E-state index contributed by atoms with van der Waals surface area (Å²) in [6.07, 6.45) is 2.27. The molecule has 0 spiro atoms. The number of anilines is 1. The first kappa shape index (κ1) is 12.4. The van der Waals surface area contributed by atoms with Gasteiger partial charge in [0.2, 0.25) is 0 Å². The molecule has 0 fully saturated rings. The minimum atomic E-state index is -0.328. The highest BCUT2D eigenvalue weighted by Gasteiger charge is 2.11. The van der Waals surface area contributed by atoms with E-state index in [9.17, 15) is 9.59 Å². The third kappa shape index (κ3) is 2.81. The fourth-order valence-electron chi connectivity index (χ4n) is 1.43. The van der Waals surface area contributed by atoms with Crippen LogP contribution in [0, 0.1) is 0 Å². The molecule has 1 aromatic carbocycles. The topological polar surface area (TPSA) is 59.1 Å². The summed E-state index contributed by atoms with van der Waals surface area (Å²) in [5.74, 6) is -0.328. The lowest BCUT2D eigenvalue weighted by Gasteiger charge is -2.06. The van der Waals surface area contributed by atoms with Gasteiger partial charge in [-0.3, -0.25) is 9.59 Å². The molecule has 0 saturated carbocycles. The van der Waals surface area contributed by atoms with Gasteiger partial charge in [0.15, 0.2) is 0 Å². The Hall–Kier alpha value is -2.01. The summed E-state index contributed by atoms with van der Waals surface area (Å²) < 4.78 is 0.619. The molecule has 0 radical (unpaired) electrons. The Morgan fingerprint density at radius 3 is 2.83 bits per heavy atom. The number of halogens is 1. The number of hydrogen-bond acceptors (Lipinski definition) is 3. The van der Waals surface area contributed by atoms with Crippen molar-refractivity contribution < 1.29 is 9.59 Å². The zero-order chi connectivity index (χ0) is 13.0. The molecule has 2 rings (SSSR count). The van der Waals surface area contributed by atoms with Crippen molar-refractivity contribution in [2.24, 2.45) is 0 Å². The van der Waals surface area contributed by atoms with E-state index in [1.807, 2.05) is 0 Å². The van der Waals surface area contributed by atoms with E-state index < -0.39 is 0 Å². The van der Waals surface area contributed by atoms with E-state index >= 15 is 0 Å². The fourth-order valence-corrected chi connectivity index (χ4v) is 1.87. The Balaban J connectivity index is 2.21. The Kier molecular flexibility index (Phi) is 3.84. The first-order valence-electron chi connectivity index (χ1n) is 5.18. The number of nitrogens with one attached hydrogen (secondary N) is 1. The maximum absolute atomic E-state index is 11.9. The van der Waals surface area contributed by atoms with Crippen LogP contribution in [0.2, 0.25) is 0 Å². The number of hydrogen-bond donors (Lipinski definition) is 1. The fraction of sp³-hybridized carbons (Fsp3) is 0. The summed E-state index contributed by atoms with van der Waals surface area (Å²) >= 11 is 3.26. The number of amides is 1. The minimum absolute atomic E-state index is 0.300. The quantitative estimate of drug-likeness (QED) is 0.887. The Labute approximate surface area is 112 Å². The largest absolute Gasteiger partial charge is 0.321 e. The summed E-state index contributed by atoms with van der Waals surface area (Å²) in [4.78, 5) is 26.6. The van der Waals surface area contributed by atoms with Crippen LogP contribution in [-0.4, -0.2) is 17.2 Å². The van der Waals surface area contributed by atoms with Gasteiger partial charge >= 0.3 is 0 Å². The van der Waals surface area contributed by atoms with Crippen LogP contribution in [0.4, 0.5) is 5.69 Å². The molecular weight excluding hydrogens is 296 g/mol. The molecule has 0 bridgehead atoms. The lowest BCUT2D eigenvalue weighted by molar-refractivity contribution is 0.102. The standard InChI is InChI=1S/C13H9BrN2O2/c14-11-5-2-6-15-12(11)13(18)16-10-4-1-3-9(7-10)8-17/h1-8H,(H,16,18). The van der Waals surface area contributed by atoms with Gasteiger partial charge in [0.05, 0.1) is 0 Å². The molecule has 0 atom stereocenters. The molecule has 0 aliphatic heterocycles. The minimum Gasteiger partial charge on any atom is -0.321 e. The molecule has 90 valence electrons. The van der Waals surface area contributed by atoms with Crippen LogP contribution in [0.15, 0.2) is 47.1 Å². The molecule has 18 heavy (non-hydrogen) atoms. The van der Waals surface area contributed by atoms with E-state index in [-0.39, 0.29) is 5.91 Å². The number of aldehydes is 1. The molecule has 0 saturated heterocycles. The second-order valence-corrected chi connectivity index (χ2v) is 4.39. The molecule has 1 amide bonds. The summed E-state index contributed by atoms with van der Waals surface area (Å²) in [7, 11) is 0. The van der Waals surface area contributed by atoms with E-state index in [4.69, 9.17) is 0 Å². The average Bonchev–Trinajstić information content (AvgIpc) is 2.39. The molecule has 5 heteroatoms. The van der Waals surface area contributed by atoms with Gasteiger partial charge in [0.25, 0.3) is 5.91 Å². The van der Waals surface area contributed by atoms with Crippen LogP contribution in [0.1, 0.15) is 20.8 Å². The number of aromatic nitrogens is 1. The van der Waals surface area contributed by atoms with Crippen LogP contribution < -0.4 is 5.32 Å². The van der Waals surface area contributed by atoms with E-state index in [1.54, 1.807) is 42.6 Å². The second kappa shape index (κ2) is 5.55. The Morgan fingerprint density at radius 2 is 2.11 bits per heavy atom. The van der Waals surface area contributed by atoms with Gasteiger partial charge in [-0.25, -0.2) is 4.98 Å². The first-order valence-corrected chi connectivity index (χ1v) is 5.97. The molecule has 2 aromatic rings. The Morgan fingerprint density at radius 1 is 1.28 bits per heavy atom. The maximum atomic E-state index is 11.9. The average molecular weight is 305 g/mol. The van der Waals surface area contributed by atoms with E-state index in [0.717, 1.165) is 6.29 Å². The van der Waals surface area contributed by atoms with Crippen molar-refractivity contribution in [3.05, 3.63) is 58.3 Å². The van der Waals surface area contributed by atoms with Crippen LogP contribution >= 0.6 is 15.9 Å². The number of benzene rings is 1. The van der Waals surface area contributed by atoms with Crippen molar-refractivity contribution in [3.8, 4) is 0 Å². The van der Waals surface area contributed by atoms with E-state index in [0.29, 0.717) is 21.4 Å². The van der Waals surface area contributed by atoms with E-state index in [2.05, 4.69) is 26.2 Å². The highest BCUT2D eigenvalue weighted by Crippen LogP contribution is 2.16. The molecule has 1 aromatic heterocycles. The van der Waals surface area contributed by atoms with Crippen LogP contribution in [0.3, 0.4) is 0 Å². The number of carbonyl (C=O) groups excluding carboxylic acids is 2. The molecule has 1 heterocycles. The van der Waals surface area contributed by atoms with E-state index in [1.165, 1.54) is 0 Å².